The lowest BCUT2D eigenvalue weighted by atomic mass is 9.91. The molecule has 0 radical (unpaired) electrons. The number of hydrogen-bond acceptors (Lipinski definition) is 2. The Morgan fingerprint density at radius 3 is 2.71 bits per heavy atom. The van der Waals surface area contributed by atoms with Gasteiger partial charge in [0.2, 0.25) is 0 Å². The third-order valence-electron chi connectivity index (χ3n) is 4.20. The van der Waals surface area contributed by atoms with Gasteiger partial charge in [-0.2, -0.15) is 5.10 Å². The number of halogens is 1. The largest absolute Gasteiger partial charge is 0.327 e. The maximum absolute atomic E-state index is 6.10. The Morgan fingerprint density at radius 1 is 1.47 bits per heavy atom. The van der Waals surface area contributed by atoms with Crippen LogP contribution in [0.5, 0.6) is 0 Å². The Morgan fingerprint density at radius 2 is 2.18 bits per heavy atom. The summed E-state index contributed by atoms with van der Waals surface area (Å²) in [5.74, 6) is 1.34. The summed E-state index contributed by atoms with van der Waals surface area (Å²) in [6, 6.07) is 0.387. The van der Waals surface area contributed by atoms with Crippen LogP contribution >= 0.6 is 15.9 Å². The smallest absolute Gasteiger partial charge is 0.0738 e. The van der Waals surface area contributed by atoms with Crippen molar-refractivity contribution in [3.05, 3.63) is 15.9 Å². The van der Waals surface area contributed by atoms with Crippen molar-refractivity contribution in [2.75, 3.05) is 0 Å². The summed E-state index contributed by atoms with van der Waals surface area (Å²) >= 11 is 3.67. The SMILES string of the molecule is CCn1nc(C)c(Br)c1CC1CCC(N)C1C. The van der Waals surface area contributed by atoms with Crippen molar-refractivity contribution in [2.45, 2.75) is 52.6 Å². The molecule has 3 nitrogen and oxygen atoms in total. The summed E-state index contributed by atoms with van der Waals surface area (Å²) in [5.41, 5.74) is 8.54. The molecule has 0 aromatic carbocycles. The van der Waals surface area contributed by atoms with E-state index in [1.54, 1.807) is 0 Å². The highest BCUT2D eigenvalue weighted by molar-refractivity contribution is 9.10. The molecule has 1 aliphatic rings. The van der Waals surface area contributed by atoms with Crippen LogP contribution in [0.4, 0.5) is 0 Å². The van der Waals surface area contributed by atoms with Gasteiger partial charge in [0.1, 0.15) is 0 Å². The fraction of sp³-hybridized carbons (Fsp3) is 0.769. The molecule has 1 saturated carbocycles. The Labute approximate surface area is 112 Å². The summed E-state index contributed by atoms with van der Waals surface area (Å²) in [5, 5.41) is 4.55. The normalized spacial score (nSPS) is 28.9. The maximum Gasteiger partial charge on any atom is 0.0738 e. The van der Waals surface area contributed by atoms with Gasteiger partial charge in [0.25, 0.3) is 0 Å². The van der Waals surface area contributed by atoms with Crippen LogP contribution in [0.2, 0.25) is 0 Å². The first-order chi connectivity index (χ1) is 8.04. The highest BCUT2D eigenvalue weighted by atomic mass is 79.9. The minimum Gasteiger partial charge on any atom is -0.327 e. The average molecular weight is 300 g/mol. The molecular formula is C13H22BrN3. The van der Waals surface area contributed by atoms with Gasteiger partial charge >= 0.3 is 0 Å². The van der Waals surface area contributed by atoms with Crippen molar-refractivity contribution < 1.29 is 0 Å². The second-order valence-corrected chi connectivity index (χ2v) is 6.02. The molecule has 4 heteroatoms. The maximum atomic E-state index is 6.10. The zero-order valence-electron chi connectivity index (χ0n) is 10.9. The molecule has 0 saturated heterocycles. The van der Waals surface area contributed by atoms with Gasteiger partial charge in [-0.1, -0.05) is 6.92 Å². The third kappa shape index (κ3) is 2.43. The molecular weight excluding hydrogens is 278 g/mol. The molecule has 2 rings (SSSR count). The molecule has 1 aliphatic carbocycles. The first-order valence-electron chi connectivity index (χ1n) is 6.52. The van der Waals surface area contributed by atoms with Gasteiger partial charge in [0, 0.05) is 12.6 Å². The van der Waals surface area contributed by atoms with Crippen LogP contribution in [0.15, 0.2) is 4.47 Å². The number of aromatic nitrogens is 2. The van der Waals surface area contributed by atoms with Gasteiger partial charge in [-0.05, 0) is 60.9 Å². The van der Waals surface area contributed by atoms with Crippen LogP contribution in [0.3, 0.4) is 0 Å². The standard InChI is InChI=1S/C13H22BrN3/c1-4-17-12(13(14)9(3)16-17)7-10-5-6-11(15)8(10)2/h8,10-11H,4-7,15H2,1-3H3. The van der Waals surface area contributed by atoms with Crippen LogP contribution in [0, 0.1) is 18.8 Å². The first kappa shape index (κ1) is 13.1. The number of nitrogens with zero attached hydrogens (tertiary/aromatic N) is 2. The minimum atomic E-state index is 0.387. The highest BCUT2D eigenvalue weighted by Crippen LogP contribution is 2.35. The molecule has 1 fully saturated rings. The molecule has 0 bridgehead atoms. The van der Waals surface area contributed by atoms with Crippen molar-refractivity contribution in [1.82, 2.24) is 9.78 Å². The van der Waals surface area contributed by atoms with E-state index in [0.29, 0.717) is 17.9 Å². The number of rotatable bonds is 3. The Bertz CT molecular complexity index is 400. The lowest BCUT2D eigenvalue weighted by Crippen LogP contribution is -2.26. The summed E-state index contributed by atoms with van der Waals surface area (Å²) in [6.07, 6.45) is 3.52. The van der Waals surface area contributed by atoms with Crippen molar-refractivity contribution in [1.29, 1.82) is 0 Å². The van der Waals surface area contributed by atoms with Gasteiger partial charge in [-0.15, -0.1) is 0 Å². The molecule has 1 aromatic heterocycles. The quantitative estimate of drug-likeness (QED) is 0.933. The average Bonchev–Trinajstić information content (AvgIpc) is 2.76. The van der Waals surface area contributed by atoms with Gasteiger partial charge < -0.3 is 5.73 Å². The van der Waals surface area contributed by atoms with Gasteiger partial charge in [0.15, 0.2) is 0 Å². The van der Waals surface area contributed by atoms with Crippen LogP contribution in [-0.2, 0) is 13.0 Å². The fourth-order valence-corrected chi connectivity index (χ4v) is 3.33. The second-order valence-electron chi connectivity index (χ2n) is 5.23. The molecule has 3 atom stereocenters. The lowest BCUT2D eigenvalue weighted by molar-refractivity contribution is 0.380. The molecule has 96 valence electrons. The lowest BCUT2D eigenvalue weighted by Gasteiger charge is -2.18. The predicted molar refractivity (Wildman–Crippen MR) is 73.9 cm³/mol. The van der Waals surface area contributed by atoms with E-state index in [2.05, 4.69) is 46.5 Å². The monoisotopic (exact) mass is 299 g/mol. The van der Waals surface area contributed by atoms with Crippen LogP contribution in [-0.4, -0.2) is 15.8 Å². The predicted octanol–water partition coefficient (Wildman–Crippen LogP) is 2.89. The number of hydrogen-bond donors (Lipinski definition) is 1. The summed E-state index contributed by atoms with van der Waals surface area (Å²) in [7, 11) is 0. The topological polar surface area (TPSA) is 43.8 Å². The molecule has 2 N–H and O–H groups in total. The van der Waals surface area contributed by atoms with Gasteiger partial charge in [0.05, 0.1) is 15.9 Å². The van der Waals surface area contributed by atoms with E-state index in [0.717, 1.165) is 18.7 Å². The van der Waals surface area contributed by atoms with Crippen molar-refractivity contribution >= 4 is 15.9 Å². The molecule has 0 aliphatic heterocycles. The van der Waals surface area contributed by atoms with E-state index in [1.807, 2.05) is 0 Å². The van der Waals surface area contributed by atoms with E-state index in [4.69, 9.17) is 5.73 Å². The Kier molecular flexibility index (Phi) is 3.93. The first-order valence-corrected chi connectivity index (χ1v) is 7.31. The van der Waals surface area contributed by atoms with Gasteiger partial charge in [-0.3, -0.25) is 4.68 Å². The fourth-order valence-electron chi connectivity index (χ4n) is 2.88. The van der Waals surface area contributed by atoms with Crippen LogP contribution in [0.1, 0.15) is 38.1 Å². The van der Waals surface area contributed by atoms with E-state index in [-0.39, 0.29) is 0 Å². The zero-order valence-corrected chi connectivity index (χ0v) is 12.5. The number of nitrogens with two attached hydrogens (primary N) is 1. The van der Waals surface area contributed by atoms with Crippen LogP contribution < -0.4 is 5.73 Å². The van der Waals surface area contributed by atoms with E-state index < -0.39 is 0 Å². The number of aryl methyl sites for hydroxylation is 2. The third-order valence-corrected chi connectivity index (χ3v) is 5.23. The molecule has 3 unspecified atom stereocenters. The van der Waals surface area contributed by atoms with Crippen molar-refractivity contribution in [3.8, 4) is 0 Å². The summed E-state index contributed by atoms with van der Waals surface area (Å²) in [4.78, 5) is 0. The summed E-state index contributed by atoms with van der Waals surface area (Å²) in [6.45, 7) is 7.43. The molecule has 17 heavy (non-hydrogen) atoms. The van der Waals surface area contributed by atoms with E-state index >= 15 is 0 Å². The van der Waals surface area contributed by atoms with Gasteiger partial charge in [-0.25, -0.2) is 0 Å². The Hall–Kier alpha value is -0.350. The highest BCUT2D eigenvalue weighted by Gasteiger charge is 2.31. The zero-order chi connectivity index (χ0) is 12.6. The van der Waals surface area contributed by atoms with Crippen LogP contribution in [0.25, 0.3) is 0 Å². The van der Waals surface area contributed by atoms with E-state index in [1.165, 1.54) is 23.0 Å². The minimum absolute atomic E-state index is 0.387. The summed E-state index contributed by atoms with van der Waals surface area (Å²) < 4.78 is 3.31. The molecule has 0 spiro atoms. The molecule has 1 heterocycles. The second kappa shape index (κ2) is 5.11. The Balaban J connectivity index is 2.18. The van der Waals surface area contributed by atoms with Crippen molar-refractivity contribution in [2.24, 2.45) is 17.6 Å². The molecule has 0 amide bonds. The van der Waals surface area contributed by atoms with E-state index in [9.17, 15) is 0 Å². The van der Waals surface area contributed by atoms with Crippen molar-refractivity contribution in [3.63, 3.8) is 0 Å². The molecule has 1 aromatic rings.